The van der Waals surface area contributed by atoms with Crippen molar-refractivity contribution < 1.29 is 14.8 Å². The minimum atomic E-state index is -0.557. The van der Waals surface area contributed by atoms with Gasteiger partial charge in [-0.2, -0.15) is 5.10 Å². The van der Waals surface area contributed by atoms with Crippen LogP contribution in [0, 0.1) is 10.1 Å². The largest absolute Gasteiger partial charge is 0.507 e. The summed E-state index contributed by atoms with van der Waals surface area (Å²) >= 11 is 5.10. The number of nitrogens with zero attached hydrogens (tertiary/aromatic N) is 2. The second kappa shape index (κ2) is 7.88. The van der Waals surface area contributed by atoms with E-state index in [0.29, 0.717) is 11.4 Å². The minimum absolute atomic E-state index is 0.130. The van der Waals surface area contributed by atoms with Gasteiger partial charge in [-0.25, -0.2) is 0 Å². The van der Waals surface area contributed by atoms with Gasteiger partial charge in [-0.15, -0.1) is 0 Å². The Balaban J connectivity index is 2.02. The van der Waals surface area contributed by atoms with Crippen LogP contribution in [0.25, 0.3) is 0 Å². The van der Waals surface area contributed by atoms with Crippen molar-refractivity contribution in [2.24, 2.45) is 5.10 Å². The molecule has 0 heterocycles. The van der Waals surface area contributed by atoms with E-state index in [1.165, 1.54) is 24.4 Å². The summed E-state index contributed by atoms with van der Waals surface area (Å²) in [4.78, 5) is 10.2. The van der Waals surface area contributed by atoms with Crippen LogP contribution in [0.3, 0.4) is 0 Å². The molecule has 124 valence electrons. The van der Waals surface area contributed by atoms with E-state index in [2.05, 4.69) is 15.8 Å². The predicted molar refractivity (Wildman–Crippen MR) is 94.7 cm³/mol. The van der Waals surface area contributed by atoms with Crippen molar-refractivity contribution in [1.82, 2.24) is 5.43 Å². The molecule has 0 aromatic heterocycles. The third-order valence-corrected chi connectivity index (χ3v) is 3.14. The number of para-hydroxylation sites is 2. The van der Waals surface area contributed by atoms with Crippen LogP contribution < -0.4 is 15.5 Å². The Morgan fingerprint density at radius 2 is 2.12 bits per heavy atom. The Kier molecular flexibility index (Phi) is 5.63. The van der Waals surface area contributed by atoms with E-state index >= 15 is 0 Å². The van der Waals surface area contributed by atoms with Gasteiger partial charge in [0.1, 0.15) is 11.5 Å². The second-order valence-corrected chi connectivity index (χ2v) is 4.93. The second-order valence-electron chi connectivity index (χ2n) is 4.52. The normalized spacial score (nSPS) is 10.4. The average molecular weight is 346 g/mol. The topological polar surface area (TPSA) is 109 Å². The van der Waals surface area contributed by atoms with Gasteiger partial charge < -0.3 is 15.2 Å². The van der Waals surface area contributed by atoms with Crippen molar-refractivity contribution in [2.45, 2.75) is 0 Å². The Morgan fingerprint density at radius 1 is 1.38 bits per heavy atom. The number of thiocarbonyl (C=S) groups is 1. The first-order chi connectivity index (χ1) is 11.5. The number of nitro benzene ring substituents is 1. The van der Waals surface area contributed by atoms with Crippen LogP contribution in [0.15, 0.2) is 47.6 Å². The fourth-order valence-electron chi connectivity index (χ4n) is 1.82. The number of ether oxygens (including phenoxy) is 1. The Morgan fingerprint density at radius 3 is 2.83 bits per heavy atom. The van der Waals surface area contributed by atoms with Crippen LogP contribution in [0.2, 0.25) is 0 Å². The van der Waals surface area contributed by atoms with Gasteiger partial charge in [0.15, 0.2) is 5.11 Å². The van der Waals surface area contributed by atoms with E-state index < -0.39 is 4.92 Å². The molecule has 24 heavy (non-hydrogen) atoms. The molecule has 2 rings (SSSR count). The molecule has 9 heteroatoms. The number of aromatic hydroxyl groups is 1. The van der Waals surface area contributed by atoms with Gasteiger partial charge >= 0.3 is 0 Å². The zero-order valence-electron chi connectivity index (χ0n) is 12.6. The first-order valence-corrected chi connectivity index (χ1v) is 7.12. The van der Waals surface area contributed by atoms with Crippen molar-refractivity contribution in [1.29, 1.82) is 0 Å². The van der Waals surface area contributed by atoms with Gasteiger partial charge in [-0.1, -0.05) is 12.1 Å². The lowest BCUT2D eigenvalue weighted by atomic mass is 10.2. The zero-order valence-corrected chi connectivity index (χ0v) is 13.4. The van der Waals surface area contributed by atoms with E-state index in [1.54, 1.807) is 19.2 Å². The first kappa shape index (κ1) is 17.2. The van der Waals surface area contributed by atoms with Gasteiger partial charge in [0, 0.05) is 17.7 Å². The summed E-state index contributed by atoms with van der Waals surface area (Å²) in [6.45, 7) is 0. The van der Waals surface area contributed by atoms with E-state index in [0.717, 1.165) is 0 Å². The highest BCUT2D eigenvalue weighted by atomic mass is 32.1. The maximum absolute atomic E-state index is 10.7. The lowest BCUT2D eigenvalue weighted by molar-refractivity contribution is -0.384. The summed E-state index contributed by atoms with van der Waals surface area (Å²) < 4.78 is 5.19. The molecule has 0 spiro atoms. The van der Waals surface area contributed by atoms with Crippen molar-refractivity contribution >= 4 is 34.9 Å². The third kappa shape index (κ3) is 4.40. The van der Waals surface area contributed by atoms with Crippen LogP contribution in [-0.2, 0) is 0 Å². The first-order valence-electron chi connectivity index (χ1n) is 6.71. The lowest BCUT2D eigenvalue weighted by Crippen LogP contribution is -2.24. The molecular weight excluding hydrogens is 332 g/mol. The predicted octanol–water partition coefficient (Wildman–Crippen LogP) is 2.63. The minimum Gasteiger partial charge on any atom is -0.507 e. The fourth-order valence-corrected chi connectivity index (χ4v) is 1.98. The number of nitro groups is 1. The van der Waals surface area contributed by atoms with E-state index in [9.17, 15) is 15.2 Å². The lowest BCUT2D eigenvalue weighted by Gasteiger charge is -2.10. The molecule has 0 fully saturated rings. The number of hydrazone groups is 1. The average Bonchev–Trinajstić information content (AvgIpc) is 2.56. The van der Waals surface area contributed by atoms with Crippen LogP contribution >= 0.6 is 12.2 Å². The van der Waals surface area contributed by atoms with Gasteiger partial charge in [-0.05, 0) is 30.4 Å². The van der Waals surface area contributed by atoms with Crippen molar-refractivity contribution in [3.8, 4) is 11.5 Å². The van der Waals surface area contributed by atoms with Gasteiger partial charge in [0.25, 0.3) is 5.69 Å². The fraction of sp³-hybridized carbons (Fsp3) is 0.0667. The number of benzene rings is 2. The molecule has 0 saturated heterocycles. The molecule has 0 aliphatic carbocycles. The van der Waals surface area contributed by atoms with E-state index in [-0.39, 0.29) is 22.1 Å². The summed E-state index contributed by atoms with van der Waals surface area (Å²) in [6, 6.07) is 10.8. The number of hydrogen-bond donors (Lipinski definition) is 3. The summed E-state index contributed by atoms with van der Waals surface area (Å²) in [7, 11) is 1.54. The van der Waals surface area contributed by atoms with Crippen molar-refractivity contribution in [3.05, 3.63) is 58.1 Å². The standard InChI is InChI=1S/C15H14N4O4S/c1-23-14-5-3-2-4-12(14)17-15(24)18-16-9-10-8-11(19(21)22)6-7-13(10)20/h2-9,20H,1H3,(H2,17,18,24)/b16-9+. The monoisotopic (exact) mass is 346 g/mol. The number of nitrogens with one attached hydrogen (secondary N) is 2. The quantitative estimate of drug-likeness (QED) is 0.330. The number of rotatable bonds is 5. The Hall–Kier alpha value is -3.20. The molecular formula is C15H14N4O4S. The molecule has 8 nitrogen and oxygen atoms in total. The maximum atomic E-state index is 10.7. The highest BCUT2D eigenvalue weighted by Crippen LogP contribution is 2.23. The highest BCUT2D eigenvalue weighted by Gasteiger charge is 2.09. The molecule has 0 atom stereocenters. The van der Waals surface area contributed by atoms with Crippen LogP contribution in [0.5, 0.6) is 11.5 Å². The molecule has 0 unspecified atom stereocenters. The SMILES string of the molecule is COc1ccccc1NC(=S)N/N=C/c1cc([N+](=O)[O-])ccc1O. The van der Waals surface area contributed by atoms with Crippen LogP contribution in [-0.4, -0.2) is 28.5 Å². The summed E-state index contributed by atoms with van der Waals surface area (Å²) in [5.74, 6) is 0.483. The number of phenolic OH excluding ortho intramolecular Hbond substituents is 1. The molecule has 0 radical (unpaired) electrons. The van der Waals surface area contributed by atoms with E-state index in [1.807, 2.05) is 12.1 Å². The molecule has 2 aromatic rings. The molecule has 3 N–H and O–H groups in total. The zero-order chi connectivity index (χ0) is 17.5. The molecule has 0 bridgehead atoms. The van der Waals surface area contributed by atoms with E-state index in [4.69, 9.17) is 17.0 Å². The molecule has 0 aliphatic rings. The van der Waals surface area contributed by atoms with Crippen LogP contribution in [0.1, 0.15) is 5.56 Å². The van der Waals surface area contributed by atoms with Crippen LogP contribution in [0.4, 0.5) is 11.4 Å². The summed E-state index contributed by atoms with van der Waals surface area (Å²) in [5.41, 5.74) is 3.26. The number of non-ortho nitro benzene ring substituents is 1. The molecule has 0 aliphatic heterocycles. The Bertz CT molecular complexity index is 795. The highest BCUT2D eigenvalue weighted by molar-refractivity contribution is 7.80. The number of methoxy groups -OCH3 is 1. The van der Waals surface area contributed by atoms with Crippen molar-refractivity contribution in [3.63, 3.8) is 0 Å². The van der Waals surface area contributed by atoms with Gasteiger partial charge in [0.2, 0.25) is 0 Å². The molecule has 0 amide bonds. The number of anilines is 1. The molecule has 2 aromatic carbocycles. The summed E-state index contributed by atoms with van der Waals surface area (Å²) in [6.07, 6.45) is 1.23. The number of phenols is 1. The van der Waals surface area contributed by atoms with Gasteiger partial charge in [0.05, 0.1) is 23.9 Å². The third-order valence-electron chi connectivity index (χ3n) is 2.95. The number of hydrogen-bond acceptors (Lipinski definition) is 6. The van der Waals surface area contributed by atoms with Crippen molar-refractivity contribution in [2.75, 3.05) is 12.4 Å². The molecule has 0 saturated carbocycles. The smallest absolute Gasteiger partial charge is 0.270 e. The maximum Gasteiger partial charge on any atom is 0.270 e. The van der Waals surface area contributed by atoms with Gasteiger partial charge in [-0.3, -0.25) is 15.5 Å². The summed E-state index contributed by atoms with van der Waals surface area (Å²) in [5, 5.41) is 27.4. The Labute approximate surface area is 142 Å².